The monoisotopic (exact) mass is 426 g/mol. The maximum Gasteiger partial charge on any atom is 0.229 e. The fourth-order valence-electron chi connectivity index (χ4n) is 4.48. The van der Waals surface area contributed by atoms with Gasteiger partial charge in [-0.15, -0.1) is 0 Å². The molecule has 1 N–H and O–H groups in total. The molecule has 1 aromatic carbocycles. The van der Waals surface area contributed by atoms with Crippen LogP contribution >= 0.6 is 11.6 Å². The summed E-state index contributed by atoms with van der Waals surface area (Å²) in [7, 11) is 3.58. The molecule has 0 radical (unpaired) electrons. The van der Waals surface area contributed by atoms with Crippen molar-refractivity contribution in [2.45, 2.75) is 32.1 Å². The Labute approximate surface area is 181 Å². The molecular formula is C23H27ClN4O2. The zero-order chi connectivity index (χ0) is 21.4. The van der Waals surface area contributed by atoms with E-state index in [0.29, 0.717) is 23.4 Å². The van der Waals surface area contributed by atoms with Gasteiger partial charge in [-0.05, 0) is 40.6 Å². The highest BCUT2D eigenvalue weighted by molar-refractivity contribution is 6.32. The number of halogens is 1. The van der Waals surface area contributed by atoms with E-state index in [1.165, 1.54) is 0 Å². The van der Waals surface area contributed by atoms with Crippen LogP contribution < -0.4 is 5.32 Å². The van der Waals surface area contributed by atoms with Crippen LogP contribution in [0.4, 0.5) is 5.82 Å². The van der Waals surface area contributed by atoms with E-state index in [1.54, 1.807) is 18.0 Å². The Morgan fingerprint density at radius 2 is 2.10 bits per heavy atom. The molecule has 2 heterocycles. The standard InChI is InChI=1S/C23H27ClN4O2/c1-5-17-21(16-10-26-28(3)11-16)22(17)23(29)27-20-8-14-6-18(13(2)12-30-4)19(24)7-15(14)9-25-20/h6-11,13,17,21-22H,5,12H2,1-4H3,(H,25,27,29)/t13-,17+,21?,22+/m0/s1. The number of carbonyl (C=O) groups is 1. The number of hydrogen-bond donors (Lipinski definition) is 1. The van der Waals surface area contributed by atoms with Crippen LogP contribution in [0.1, 0.15) is 43.2 Å². The molecule has 1 aliphatic carbocycles. The lowest BCUT2D eigenvalue weighted by molar-refractivity contribution is -0.117. The zero-order valence-electron chi connectivity index (χ0n) is 17.7. The van der Waals surface area contributed by atoms with Crippen molar-refractivity contribution < 1.29 is 9.53 Å². The predicted molar refractivity (Wildman–Crippen MR) is 119 cm³/mol. The molecule has 3 aromatic rings. The average molecular weight is 427 g/mol. The number of aryl methyl sites for hydroxylation is 1. The van der Waals surface area contributed by atoms with Crippen molar-refractivity contribution in [3.63, 3.8) is 0 Å². The molecule has 0 spiro atoms. The SMILES string of the molecule is CC[C@@H]1C(c2cnn(C)c2)[C@@H]1C(=O)Nc1cc2cc([C@@H](C)COC)c(Cl)cc2cn1. The van der Waals surface area contributed by atoms with E-state index in [0.717, 1.165) is 28.3 Å². The van der Waals surface area contributed by atoms with E-state index < -0.39 is 0 Å². The molecular weight excluding hydrogens is 400 g/mol. The van der Waals surface area contributed by atoms with Gasteiger partial charge in [-0.25, -0.2) is 4.98 Å². The molecule has 1 fully saturated rings. The summed E-state index contributed by atoms with van der Waals surface area (Å²) in [5.74, 6) is 1.28. The summed E-state index contributed by atoms with van der Waals surface area (Å²) in [6.45, 7) is 4.80. The third kappa shape index (κ3) is 3.94. The Bertz CT molecular complexity index is 1080. The smallest absolute Gasteiger partial charge is 0.229 e. The van der Waals surface area contributed by atoms with E-state index in [2.05, 4.69) is 35.3 Å². The number of amides is 1. The van der Waals surface area contributed by atoms with Gasteiger partial charge in [-0.2, -0.15) is 5.10 Å². The Hall–Kier alpha value is -2.44. The van der Waals surface area contributed by atoms with Gasteiger partial charge in [0.25, 0.3) is 0 Å². The third-order valence-corrected chi connectivity index (χ3v) is 6.42. The molecule has 1 saturated carbocycles. The number of hydrogen-bond acceptors (Lipinski definition) is 4. The number of aromatic nitrogens is 3. The van der Waals surface area contributed by atoms with Crippen molar-refractivity contribution in [2.24, 2.45) is 18.9 Å². The molecule has 0 saturated heterocycles. The van der Waals surface area contributed by atoms with Gasteiger partial charge in [0.15, 0.2) is 0 Å². The molecule has 30 heavy (non-hydrogen) atoms. The van der Waals surface area contributed by atoms with E-state index >= 15 is 0 Å². The first-order chi connectivity index (χ1) is 14.4. The molecule has 0 aliphatic heterocycles. The molecule has 1 amide bonds. The Morgan fingerprint density at radius 3 is 2.77 bits per heavy atom. The highest BCUT2D eigenvalue weighted by Crippen LogP contribution is 2.56. The van der Waals surface area contributed by atoms with Crippen LogP contribution in [-0.4, -0.2) is 34.4 Å². The van der Waals surface area contributed by atoms with Gasteiger partial charge in [0.05, 0.1) is 12.8 Å². The Kier molecular flexibility index (Phi) is 5.80. The van der Waals surface area contributed by atoms with Crippen LogP contribution in [-0.2, 0) is 16.6 Å². The molecule has 4 rings (SSSR count). The van der Waals surface area contributed by atoms with Crippen molar-refractivity contribution in [3.8, 4) is 0 Å². The van der Waals surface area contributed by atoms with Crippen LogP contribution in [0.3, 0.4) is 0 Å². The number of fused-ring (bicyclic) bond motifs is 1. The lowest BCUT2D eigenvalue weighted by Crippen LogP contribution is -2.16. The number of benzene rings is 1. The first-order valence-electron chi connectivity index (χ1n) is 10.3. The lowest BCUT2D eigenvalue weighted by atomic mass is 9.99. The van der Waals surface area contributed by atoms with Crippen molar-refractivity contribution in [3.05, 3.63) is 52.9 Å². The summed E-state index contributed by atoms with van der Waals surface area (Å²) in [6, 6.07) is 5.89. The van der Waals surface area contributed by atoms with Gasteiger partial charge in [-0.1, -0.05) is 31.9 Å². The molecule has 1 unspecified atom stereocenters. The van der Waals surface area contributed by atoms with Gasteiger partial charge in [0, 0.05) is 54.7 Å². The van der Waals surface area contributed by atoms with Crippen molar-refractivity contribution in [1.29, 1.82) is 0 Å². The average Bonchev–Trinajstić information content (AvgIpc) is 3.31. The van der Waals surface area contributed by atoms with Gasteiger partial charge in [0.1, 0.15) is 5.82 Å². The summed E-state index contributed by atoms with van der Waals surface area (Å²) in [5, 5.41) is 9.91. The Balaban J connectivity index is 1.54. The van der Waals surface area contributed by atoms with E-state index in [1.807, 2.05) is 31.6 Å². The van der Waals surface area contributed by atoms with Gasteiger partial charge >= 0.3 is 0 Å². The lowest BCUT2D eigenvalue weighted by Gasteiger charge is -2.14. The Morgan fingerprint density at radius 1 is 1.30 bits per heavy atom. The maximum atomic E-state index is 13.0. The van der Waals surface area contributed by atoms with Crippen molar-refractivity contribution in [1.82, 2.24) is 14.8 Å². The fraction of sp³-hybridized carbons (Fsp3) is 0.435. The molecule has 0 bridgehead atoms. The van der Waals surface area contributed by atoms with E-state index in [4.69, 9.17) is 16.3 Å². The van der Waals surface area contributed by atoms with Crippen molar-refractivity contribution in [2.75, 3.05) is 19.0 Å². The van der Waals surface area contributed by atoms with Crippen LogP contribution in [0, 0.1) is 11.8 Å². The highest BCUT2D eigenvalue weighted by Gasteiger charge is 2.54. The minimum Gasteiger partial charge on any atom is -0.384 e. The second kappa shape index (κ2) is 8.36. The summed E-state index contributed by atoms with van der Waals surface area (Å²) >= 11 is 6.46. The van der Waals surface area contributed by atoms with Crippen molar-refractivity contribution >= 4 is 34.1 Å². The topological polar surface area (TPSA) is 69.0 Å². The number of ether oxygens (including phenoxy) is 1. The number of methoxy groups -OCH3 is 1. The molecule has 4 atom stereocenters. The predicted octanol–water partition coefficient (Wildman–Crippen LogP) is 4.75. The minimum absolute atomic E-state index is 0.0180. The van der Waals surface area contributed by atoms with E-state index in [9.17, 15) is 4.79 Å². The van der Waals surface area contributed by atoms with E-state index in [-0.39, 0.29) is 23.7 Å². The summed E-state index contributed by atoms with van der Waals surface area (Å²) < 4.78 is 7.05. The number of anilines is 1. The summed E-state index contributed by atoms with van der Waals surface area (Å²) in [4.78, 5) is 17.4. The molecule has 6 nitrogen and oxygen atoms in total. The van der Waals surface area contributed by atoms with Gasteiger partial charge < -0.3 is 10.1 Å². The number of pyridine rings is 1. The second-order valence-electron chi connectivity index (χ2n) is 8.21. The fourth-order valence-corrected chi connectivity index (χ4v) is 4.84. The highest BCUT2D eigenvalue weighted by atomic mass is 35.5. The zero-order valence-corrected chi connectivity index (χ0v) is 18.5. The van der Waals surface area contributed by atoms with Crippen LogP contribution in [0.25, 0.3) is 10.8 Å². The van der Waals surface area contributed by atoms with Gasteiger partial charge in [-0.3, -0.25) is 9.48 Å². The molecule has 2 aromatic heterocycles. The molecule has 158 valence electrons. The maximum absolute atomic E-state index is 13.0. The third-order valence-electron chi connectivity index (χ3n) is 6.09. The minimum atomic E-state index is -0.0424. The molecule has 1 aliphatic rings. The molecule has 7 heteroatoms. The van der Waals surface area contributed by atoms with Crippen LogP contribution in [0.15, 0.2) is 36.8 Å². The second-order valence-corrected chi connectivity index (χ2v) is 8.61. The van der Waals surface area contributed by atoms with Gasteiger partial charge in [0.2, 0.25) is 5.91 Å². The number of nitrogens with zero attached hydrogens (tertiary/aromatic N) is 3. The summed E-state index contributed by atoms with van der Waals surface area (Å²) in [5.41, 5.74) is 2.15. The first-order valence-corrected chi connectivity index (χ1v) is 10.7. The van der Waals surface area contributed by atoms with Crippen LogP contribution in [0.5, 0.6) is 0 Å². The first kappa shape index (κ1) is 20.8. The largest absolute Gasteiger partial charge is 0.384 e. The number of rotatable bonds is 7. The number of carbonyl (C=O) groups excluding carboxylic acids is 1. The summed E-state index contributed by atoms with van der Waals surface area (Å²) in [6.07, 6.45) is 6.58. The quantitative estimate of drug-likeness (QED) is 0.591. The van der Waals surface area contributed by atoms with Crippen LogP contribution in [0.2, 0.25) is 5.02 Å². The number of nitrogens with one attached hydrogen (secondary N) is 1. The normalized spacial score (nSPS) is 21.6.